The SMILES string of the molecule is CCCCCCCC(=O)OC[C@]1(CO)C/C(=C\CC(C(C)C)C(C)C)C(=O)O1. The van der Waals surface area contributed by atoms with Gasteiger partial charge in [-0.15, -0.1) is 0 Å². The van der Waals surface area contributed by atoms with Gasteiger partial charge in [0.25, 0.3) is 0 Å². The van der Waals surface area contributed by atoms with Crippen LogP contribution in [0.25, 0.3) is 0 Å². The number of unbranched alkanes of at least 4 members (excludes halogenated alkanes) is 4. The first-order valence-electron chi connectivity index (χ1n) is 10.9. The lowest BCUT2D eigenvalue weighted by atomic mass is 9.82. The Morgan fingerprint density at radius 2 is 1.82 bits per heavy atom. The molecule has 0 unspecified atom stereocenters. The molecule has 1 saturated heterocycles. The van der Waals surface area contributed by atoms with Crippen LogP contribution >= 0.6 is 0 Å². The van der Waals surface area contributed by atoms with Crippen LogP contribution in [0.15, 0.2) is 11.6 Å². The molecule has 0 aliphatic carbocycles. The maximum Gasteiger partial charge on any atom is 0.334 e. The third kappa shape index (κ3) is 7.94. The van der Waals surface area contributed by atoms with E-state index in [0.717, 1.165) is 25.7 Å². The molecule has 1 rings (SSSR count). The van der Waals surface area contributed by atoms with E-state index in [-0.39, 0.29) is 25.6 Å². The summed E-state index contributed by atoms with van der Waals surface area (Å²) in [6.07, 6.45) is 8.70. The van der Waals surface area contributed by atoms with Crippen molar-refractivity contribution in [1.29, 1.82) is 0 Å². The number of carbonyl (C=O) groups excluding carboxylic acids is 2. The number of ether oxygens (including phenoxy) is 2. The van der Waals surface area contributed by atoms with Crippen molar-refractivity contribution >= 4 is 11.9 Å². The van der Waals surface area contributed by atoms with E-state index in [2.05, 4.69) is 34.6 Å². The molecule has 0 aromatic heterocycles. The molecule has 1 aliphatic rings. The van der Waals surface area contributed by atoms with Crippen LogP contribution in [-0.2, 0) is 19.1 Å². The van der Waals surface area contributed by atoms with Crippen molar-refractivity contribution in [3.63, 3.8) is 0 Å². The number of carbonyl (C=O) groups is 2. The van der Waals surface area contributed by atoms with Gasteiger partial charge in [-0.3, -0.25) is 4.79 Å². The fourth-order valence-corrected chi connectivity index (χ4v) is 3.84. The van der Waals surface area contributed by atoms with Gasteiger partial charge < -0.3 is 14.6 Å². The van der Waals surface area contributed by atoms with Gasteiger partial charge in [0, 0.05) is 18.4 Å². The first kappa shape index (κ1) is 24.7. The summed E-state index contributed by atoms with van der Waals surface area (Å²) in [6, 6.07) is 0. The Kier molecular flexibility index (Phi) is 10.8. The van der Waals surface area contributed by atoms with Crippen LogP contribution in [-0.4, -0.2) is 35.9 Å². The third-order valence-corrected chi connectivity index (χ3v) is 5.70. The van der Waals surface area contributed by atoms with Crippen LogP contribution in [0.3, 0.4) is 0 Å². The van der Waals surface area contributed by atoms with Gasteiger partial charge in [0.2, 0.25) is 0 Å². The zero-order valence-corrected chi connectivity index (χ0v) is 18.5. The van der Waals surface area contributed by atoms with Crippen molar-refractivity contribution in [2.45, 2.75) is 91.6 Å². The van der Waals surface area contributed by atoms with Crippen LogP contribution in [0, 0.1) is 17.8 Å². The monoisotopic (exact) mass is 396 g/mol. The van der Waals surface area contributed by atoms with Crippen LogP contribution < -0.4 is 0 Å². The molecule has 0 aromatic rings. The number of hydrogen-bond donors (Lipinski definition) is 1. The Morgan fingerprint density at radius 1 is 1.18 bits per heavy atom. The number of esters is 2. The van der Waals surface area contributed by atoms with E-state index < -0.39 is 11.6 Å². The fraction of sp³-hybridized carbons (Fsp3) is 0.826. The number of hydrogen-bond acceptors (Lipinski definition) is 5. The molecule has 1 fully saturated rings. The lowest BCUT2D eigenvalue weighted by molar-refractivity contribution is -0.166. The minimum Gasteiger partial charge on any atom is -0.461 e. The average molecular weight is 397 g/mol. The van der Waals surface area contributed by atoms with Gasteiger partial charge in [-0.2, -0.15) is 0 Å². The van der Waals surface area contributed by atoms with Gasteiger partial charge >= 0.3 is 11.9 Å². The molecular weight excluding hydrogens is 356 g/mol. The van der Waals surface area contributed by atoms with Crippen molar-refractivity contribution in [1.82, 2.24) is 0 Å². The van der Waals surface area contributed by atoms with E-state index in [1.165, 1.54) is 12.8 Å². The Morgan fingerprint density at radius 3 is 2.39 bits per heavy atom. The quantitative estimate of drug-likeness (QED) is 0.275. The zero-order valence-electron chi connectivity index (χ0n) is 18.5. The van der Waals surface area contributed by atoms with E-state index in [1.807, 2.05) is 6.08 Å². The van der Waals surface area contributed by atoms with Gasteiger partial charge in [-0.1, -0.05) is 66.4 Å². The standard InChI is InChI=1S/C23H40O5/c1-6-7-8-9-10-11-21(25)27-16-23(15-24)14-19(22(26)28-23)12-13-20(17(2)3)18(4)5/h12,17-18,20,24H,6-11,13-16H2,1-5H3/b19-12+/t23-/m1/s1. The molecular formula is C23H40O5. The van der Waals surface area contributed by atoms with Crippen molar-refractivity contribution in [2.24, 2.45) is 17.8 Å². The predicted molar refractivity (Wildman–Crippen MR) is 111 cm³/mol. The molecule has 1 heterocycles. The van der Waals surface area contributed by atoms with Crippen molar-refractivity contribution in [2.75, 3.05) is 13.2 Å². The molecule has 28 heavy (non-hydrogen) atoms. The van der Waals surface area contributed by atoms with Gasteiger partial charge in [-0.25, -0.2) is 4.79 Å². The van der Waals surface area contributed by atoms with Gasteiger partial charge in [-0.05, 0) is 30.6 Å². The summed E-state index contributed by atoms with van der Waals surface area (Å²) in [6.45, 7) is 10.5. The van der Waals surface area contributed by atoms with Crippen molar-refractivity contribution in [3.05, 3.63) is 11.6 Å². The first-order valence-corrected chi connectivity index (χ1v) is 10.9. The van der Waals surface area contributed by atoms with Gasteiger partial charge in [0.1, 0.15) is 6.61 Å². The second kappa shape index (κ2) is 12.3. The normalized spacial score (nSPS) is 21.2. The molecule has 1 atom stereocenters. The maximum atomic E-state index is 12.3. The largest absolute Gasteiger partial charge is 0.461 e. The Labute approximate surface area is 170 Å². The topological polar surface area (TPSA) is 72.8 Å². The summed E-state index contributed by atoms with van der Waals surface area (Å²) < 4.78 is 10.8. The molecule has 0 amide bonds. The van der Waals surface area contributed by atoms with E-state index in [4.69, 9.17) is 9.47 Å². The maximum absolute atomic E-state index is 12.3. The highest BCUT2D eigenvalue weighted by Crippen LogP contribution is 2.33. The minimum atomic E-state index is -1.13. The van der Waals surface area contributed by atoms with Crippen LogP contribution in [0.1, 0.15) is 86.0 Å². The van der Waals surface area contributed by atoms with E-state index in [9.17, 15) is 14.7 Å². The molecule has 0 spiro atoms. The Hall–Kier alpha value is -1.36. The second-order valence-corrected chi connectivity index (χ2v) is 8.85. The lowest BCUT2D eigenvalue weighted by Crippen LogP contribution is -2.39. The number of rotatable bonds is 13. The summed E-state index contributed by atoms with van der Waals surface area (Å²) in [7, 11) is 0. The molecule has 0 radical (unpaired) electrons. The third-order valence-electron chi connectivity index (χ3n) is 5.70. The summed E-state index contributed by atoms with van der Waals surface area (Å²) >= 11 is 0. The number of aliphatic hydroxyl groups is 1. The fourth-order valence-electron chi connectivity index (χ4n) is 3.84. The van der Waals surface area contributed by atoms with Gasteiger partial charge in [0.05, 0.1) is 6.61 Å². The van der Waals surface area contributed by atoms with Crippen LogP contribution in [0.2, 0.25) is 0 Å². The smallest absolute Gasteiger partial charge is 0.334 e. The summed E-state index contributed by atoms with van der Waals surface area (Å²) in [5, 5.41) is 9.80. The van der Waals surface area contributed by atoms with Crippen molar-refractivity contribution in [3.8, 4) is 0 Å². The molecule has 1 aliphatic heterocycles. The van der Waals surface area contributed by atoms with E-state index >= 15 is 0 Å². The highest BCUT2D eigenvalue weighted by Gasteiger charge is 2.44. The predicted octanol–water partition coefficient (Wildman–Crippen LogP) is 4.81. The molecule has 0 bridgehead atoms. The zero-order chi connectivity index (χ0) is 21.2. The number of cyclic esters (lactones) is 1. The van der Waals surface area contributed by atoms with Crippen molar-refractivity contribution < 1.29 is 24.2 Å². The Balaban J connectivity index is 2.56. The number of aliphatic hydroxyl groups excluding tert-OH is 1. The Bertz CT molecular complexity index is 515. The van der Waals surface area contributed by atoms with Crippen LogP contribution in [0.4, 0.5) is 0 Å². The van der Waals surface area contributed by atoms with E-state index in [0.29, 0.717) is 29.7 Å². The summed E-state index contributed by atoms with van der Waals surface area (Å²) in [5.74, 6) is 0.827. The highest BCUT2D eigenvalue weighted by atomic mass is 16.6. The molecule has 5 nitrogen and oxygen atoms in total. The first-order chi connectivity index (χ1) is 13.2. The summed E-state index contributed by atoms with van der Waals surface area (Å²) in [5.41, 5.74) is -0.553. The van der Waals surface area contributed by atoms with Gasteiger partial charge in [0.15, 0.2) is 5.60 Å². The second-order valence-electron chi connectivity index (χ2n) is 8.85. The molecule has 0 aromatic carbocycles. The average Bonchev–Trinajstić information content (AvgIpc) is 2.96. The number of allylic oxidation sites excluding steroid dienone is 1. The molecule has 1 N–H and O–H groups in total. The molecule has 162 valence electrons. The van der Waals surface area contributed by atoms with E-state index in [1.54, 1.807) is 0 Å². The molecule has 5 heteroatoms. The molecule has 0 saturated carbocycles. The lowest BCUT2D eigenvalue weighted by Gasteiger charge is -2.24. The highest BCUT2D eigenvalue weighted by molar-refractivity contribution is 5.91. The minimum absolute atomic E-state index is 0.0852. The summed E-state index contributed by atoms with van der Waals surface area (Å²) in [4.78, 5) is 24.2. The van der Waals surface area contributed by atoms with Crippen LogP contribution in [0.5, 0.6) is 0 Å².